The molecule has 3 nitrogen and oxygen atoms in total. The van der Waals surface area contributed by atoms with Crippen LogP contribution in [-0.2, 0) is 13.1 Å². The van der Waals surface area contributed by atoms with E-state index >= 15 is 0 Å². The molecule has 0 aliphatic carbocycles. The number of hydrogen-bond acceptors (Lipinski definition) is 3. The number of aliphatic hydroxyl groups is 1. The van der Waals surface area contributed by atoms with Gasteiger partial charge in [0, 0.05) is 24.2 Å². The highest BCUT2D eigenvalue weighted by Gasteiger charge is 2.06. The lowest BCUT2D eigenvalue weighted by atomic mass is 10.1. The Kier molecular flexibility index (Phi) is 5.00. The lowest BCUT2D eigenvalue weighted by Crippen LogP contribution is -2.17. The minimum Gasteiger partial charge on any atom is -0.469 e. The number of benzene rings is 1. The maximum atomic E-state index is 8.66. The Balaban J connectivity index is 1.94. The topological polar surface area (TPSA) is 36.6 Å². The molecule has 0 aliphatic heterocycles. The Morgan fingerprint density at radius 3 is 2.50 bits per heavy atom. The van der Waals surface area contributed by atoms with Crippen LogP contribution < -0.4 is 0 Å². The monoisotopic (exact) mass is 269 g/mol. The molecule has 1 aromatic heterocycles. The molecule has 1 aromatic carbocycles. The van der Waals surface area contributed by atoms with Crippen LogP contribution in [0.1, 0.15) is 22.5 Å². The minimum absolute atomic E-state index is 0.103. The smallest absolute Gasteiger partial charge is 0.105 e. The predicted molar refractivity (Wildman–Crippen MR) is 79.0 cm³/mol. The maximum absolute atomic E-state index is 8.66. The van der Waals surface area contributed by atoms with Gasteiger partial charge in [-0.2, -0.15) is 0 Å². The van der Waals surface area contributed by atoms with Gasteiger partial charge in [0.2, 0.25) is 0 Å². The van der Waals surface area contributed by atoms with Gasteiger partial charge in [0.25, 0.3) is 0 Å². The first kappa shape index (κ1) is 14.4. The molecule has 0 fully saturated rings. The molecule has 104 valence electrons. The van der Waals surface area contributed by atoms with Crippen LogP contribution in [0.15, 0.2) is 41.0 Å². The van der Waals surface area contributed by atoms with Crippen molar-refractivity contribution in [3.05, 3.63) is 59.0 Å². The molecule has 0 amide bonds. The van der Waals surface area contributed by atoms with Crippen LogP contribution in [0.2, 0.25) is 0 Å². The fraction of sp³-hybridized carbons (Fsp3) is 0.294. The molecule has 2 aromatic rings. The second kappa shape index (κ2) is 6.95. The zero-order valence-electron chi connectivity index (χ0n) is 11.9. The summed E-state index contributed by atoms with van der Waals surface area (Å²) >= 11 is 0. The molecular formula is C17H19NO2. The molecule has 1 heterocycles. The Morgan fingerprint density at radius 1 is 1.15 bits per heavy atom. The number of nitrogens with zero attached hydrogens (tertiary/aromatic N) is 1. The summed E-state index contributed by atoms with van der Waals surface area (Å²) in [5.41, 5.74) is 3.39. The van der Waals surface area contributed by atoms with Crippen LogP contribution in [0.4, 0.5) is 0 Å². The van der Waals surface area contributed by atoms with Gasteiger partial charge in [0.1, 0.15) is 12.4 Å². The first-order valence-corrected chi connectivity index (χ1v) is 6.59. The third kappa shape index (κ3) is 3.99. The van der Waals surface area contributed by atoms with Crippen LogP contribution in [0, 0.1) is 18.8 Å². The van der Waals surface area contributed by atoms with E-state index in [-0.39, 0.29) is 6.61 Å². The normalized spacial score (nSPS) is 10.4. The van der Waals surface area contributed by atoms with Gasteiger partial charge in [-0.05, 0) is 37.7 Å². The summed E-state index contributed by atoms with van der Waals surface area (Å²) < 4.78 is 5.31. The molecule has 0 spiro atoms. The Labute approximate surface area is 119 Å². The Morgan fingerprint density at radius 2 is 1.90 bits per heavy atom. The van der Waals surface area contributed by atoms with Crippen molar-refractivity contribution in [2.75, 3.05) is 13.7 Å². The number of rotatable bonds is 4. The maximum Gasteiger partial charge on any atom is 0.105 e. The first-order valence-electron chi connectivity index (χ1n) is 6.59. The summed E-state index contributed by atoms with van der Waals surface area (Å²) in [4.78, 5) is 2.24. The van der Waals surface area contributed by atoms with Gasteiger partial charge in [0.05, 0.1) is 6.26 Å². The number of aryl methyl sites for hydroxylation is 1. The zero-order valence-corrected chi connectivity index (χ0v) is 11.9. The molecule has 3 heteroatoms. The van der Waals surface area contributed by atoms with E-state index < -0.39 is 0 Å². The summed E-state index contributed by atoms with van der Waals surface area (Å²) in [7, 11) is 2.09. The van der Waals surface area contributed by atoms with E-state index in [1.54, 1.807) is 6.26 Å². The van der Waals surface area contributed by atoms with Crippen LogP contribution >= 0.6 is 0 Å². The molecule has 0 radical (unpaired) electrons. The van der Waals surface area contributed by atoms with Gasteiger partial charge in [-0.25, -0.2) is 0 Å². The minimum atomic E-state index is -0.103. The van der Waals surface area contributed by atoms with E-state index in [2.05, 4.69) is 35.9 Å². The van der Waals surface area contributed by atoms with E-state index in [4.69, 9.17) is 9.52 Å². The van der Waals surface area contributed by atoms with E-state index in [0.717, 1.165) is 24.4 Å². The van der Waals surface area contributed by atoms with Crippen LogP contribution in [0.25, 0.3) is 0 Å². The molecule has 20 heavy (non-hydrogen) atoms. The second-order valence-electron chi connectivity index (χ2n) is 4.83. The highest BCUT2D eigenvalue weighted by molar-refractivity contribution is 5.36. The molecule has 1 N–H and O–H groups in total. The molecule has 0 bridgehead atoms. The van der Waals surface area contributed by atoms with Crippen molar-refractivity contribution in [3.8, 4) is 11.8 Å². The van der Waals surface area contributed by atoms with Crippen molar-refractivity contribution in [2.45, 2.75) is 20.0 Å². The van der Waals surface area contributed by atoms with Crippen molar-refractivity contribution < 1.29 is 9.52 Å². The Hall–Kier alpha value is -2.02. The first-order chi connectivity index (χ1) is 9.69. The van der Waals surface area contributed by atoms with E-state index in [1.165, 1.54) is 11.1 Å². The average molecular weight is 269 g/mol. The third-order valence-electron chi connectivity index (χ3n) is 3.12. The van der Waals surface area contributed by atoms with Crippen LogP contribution in [-0.4, -0.2) is 23.7 Å². The van der Waals surface area contributed by atoms with E-state index in [0.29, 0.717) is 0 Å². The predicted octanol–water partition coefficient (Wildman–Crippen LogP) is 2.56. The summed E-state index contributed by atoms with van der Waals surface area (Å²) in [5, 5.41) is 8.66. The highest BCUT2D eigenvalue weighted by atomic mass is 16.3. The Bertz CT molecular complexity index is 602. The van der Waals surface area contributed by atoms with Crippen molar-refractivity contribution in [1.82, 2.24) is 4.90 Å². The molecule has 2 rings (SSSR count). The average Bonchev–Trinajstić information content (AvgIpc) is 2.83. The van der Waals surface area contributed by atoms with Crippen molar-refractivity contribution >= 4 is 0 Å². The van der Waals surface area contributed by atoms with Crippen molar-refractivity contribution in [3.63, 3.8) is 0 Å². The molecule has 0 atom stereocenters. The molecule has 0 saturated carbocycles. The molecule has 0 saturated heterocycles. The second-order valence-corrected chi connectivity index (χ2v) is 4.83. The van der Waals surface area contributed by atoms with Crippen LogP contribution in [0.3, 0.4) is 0 Å². The third-order valence-corrected chi connectivity index (χ3v) is 3.12. The van der Waals surface area contributed by atoms with Gasteiger partial charge in [-0.15, -0.1) is 0 Å². The van der Waals surface area contributed by atoms with Gasteiger partial charge < -0.3 is 9.52 Å². The quantitative estimate of drug-likeness (QED) is 0.867. The number of aliphatic hydroxyl groups excluding tert-OH is 1. The van der Waals surface area contributed by atoms with Gasteiger partial charge in [-0.1, -0.05) is 24.0 Å². The summed E-state index contributed by atoms with van der Waals surface area (Å²) in [6.45, 7) is 3.62. The lowest BCUT2D eigenvalue weighted by molar-refractivity contribution is 0.316. The van der Waals surface area contributed by atoms with Crippen molar-refractivity contribution in [2.24, 2.45) is 0 Å². The zero-order chi connectivity index (χ0) is 14.4. The summed E-state index contributed by atoms with van der Waals surface area (Å²) in [6.07, 6.45) is 1.73. The fourth-order valence-corrected chi connectivity index (χ4v) is 2.07. The summed E-state index contributed by atoms with van der Waals surface area (Å²) in [6, 6.07) is 10.1. The number of hydrogen-bond donors (Lipinski definition) is 1. The van der Waals surface area contributed by atoms with Crippen LogP contribution in [0.5, 0.6) is 0 Å². The molecular weight excluding hydrogens is 250 g/mol. The SMILES string of the molecule is Cc1occc1CN(C)Cc1ccc(C#CCO)cc1. The molecule has 0 aliphatic rings. The van der Waals surface area contributed by atoms with Gasteiger partial charge >= 0.3 is 0 Å². The number of furan rings is 1. The fourth-order valence-electron chi connectivity index (χ4n) is 2.07. The largest absolute Gasteiger partial charge is 0.469 e. The molecule has 0 unspecified atom stereocenters. The van der Waals surface area contributed by atoms with Crippen molar-refractivity contribution in [1.29, 1.82) is 0 Å². The van der Waals surface area contributed by atoms with E-state index in [9.17, 15) is 0 Å². The standard InChI is InChI=1S/C17H19NO2/c1-14-17(9-11-20-14)13-18(2)12-16-7-5-15(6-8-16)4-3-10-19/h5-9,11,19H,10,12-13H2,1-2H3. The highest BCUT2D eigenvalue weighted by Crippen LogP contribution is 2.13. The van der Waals surface area contributed by atoms with Gasteiger partial charge in [-0.3, -0.25) is 4.90 Å². The van der Waals surface area contributed by atoms with E-state index in [1.807, 2.05) is 25.1 Å². The lowest BCUT2D eigenvalue weighted by Gasteiger charge is -2.16. The van der Waals surface area contributed by atoms with Gasteiger partial charge in [0.15, 0.2) is 0 Å². The summed E-state index contributed by atoms with van der Waals surface area (Å²) in [5.74, 6) is 6.52.